The van der Waals surface area contributed by atoms with Gasteiger partial charge in [0, 0.05) is 48.3 Å². The largest absolute Gasteiger partial charge is 0.494 e. The van der Waals surface area contributed by atoms with Gasteiger partial charge in [-0.05, 0) is 55.5 Å². The van der Waals surface area contributed by atoms with E-state index in [1.54, 1.807) is 11.0 Å². The molecule has 1 aromatic heterocycles. The summed E-state index contributed by atoms with van der Waals surface area (Å²) in [6, 6.07) is 12.5. The average Bonchev–Trinajstić information content (AvgIpc) is 2.84. The van der Waals surface area contributed by atoms with E-state index >= 15 is 0 Å². The van der Waals surface area contributed by atoms with Crippen LogP contribution in [0.25, 0.3) is 10.9 Å². The number of H-pyrrole nitrogens is 1. The van der Waals surface area contributed by atoms with Gasteiger partial charge in [-0.15, -0.1) is 0 Å². The average molecular weight is 469 g/mol. The Hall–Kier alpha value is -3.43. The lowest BCUT2D eigenvalue weighted by Gasteiger charge is -2.30. The molecule has 0 saturated carbocycles. The third-order valence-electron chi connectivity index (χ3n) is 5.74. The summed E-state index contributed by atoms with van der Waals surface area (Å²) in [7, 11) is 0. The Morgan fingerprint density at radius 3 is 2.68 bits per heavy atom. The van der Waals surface area contributed by atoms with Crippen molar-refractivity contribution < 1.29 is 18.7 Å². The van der Waals surface area contributed by atoms with Crippen LogP contribution < -0.4 is 15.6 Å². The molecule has 0 bridgehead atoms. The molecule has 180 valence electrons. The van der Waals surface area contributed by atoms with Gasteiger partial charge in [0.25, 0.3) is 5.56 Å². The normalized spacial score (nSPS) is 14.2. The van der Waals surface area contributed by atoms with Crippen LogP contribution in [0.3, 0.4) is 0 Å². The number of ether oxygens (including phenoxy) is 2. The number of amides is 2. The van der Waals surface area contributed by atoms with Crippen LogP contribution in [0.5, 0.6) is 5.75 Å². The number of anilines is 1. The van der Waals surface area contributed by atoms with E-state index in [1.165, 1.54) is 24.3 Å². The molecule has 0 aliphatic carbocycles. The van der Waals surface area contributed by atoms with Gasteiger partial charge in [-0.1, -0.05) is 0 Å². The molecule has 2 aromatic carbocycles. The minimum Gasteiger partial charge on any atom is -0.494 e. The van der Waals surface area contributed by atoms with Crippen LogP contribution in [0.4, 0.5) is 14.9 Å². The number of nitrogens with one attached hydrogen (secondary N) is 2. The summed E-state index contributed by atoms with van der Waals surface area (Å²) in [4.78, 5) is 32.6. The van der Waals surface area contributed by atoms with Gasteiger partial charge in [-0.25, -0.2) is 9.18 Å². The Labute approximate surface area is 197 Å². The van der Waals surface area contributed by atoms with Gasteiger partial charge in [0.05, 0.1) is 26.4 Å². The molecular formula is C25H29FN4O4. The molecule has 1 saturated heterocycles. The number of carbonyl (C=O) groups is 1. The number of nitrogens with zero attached hydrogens (tertiary/aromatic N) is 2. The van der Waals surface area contributed by atoms with E-state index in [1.807, 2.05) is 25.1 Å². The Morgan fingerprint density at radius 1 is 1.18 bits per heavy atom. The summed E-state index contributed by atoms with van der Waals surface area (Å²) in [5, 5.41) is 3.63. The third-order valence-corrected chi connectivity index (χ3v) is 5.74. The molecule has 1 fully saturated rings. The van der Waals surface area contributed by atoms with Crippen LogP contribution in [-0.4, -0.2) is 66.8 Å². The summed E-state index contributed by atoms with van der Waals surface area (Å²) in [5.74, 6) is 0.336. The smallest absolute Gasteiger partial charge is 0.322 e. The zero-order chi connectivity index (χ0) is 23.9. The van der Waals surface area contributed by atoms with Crippen molar-refractivity contribution in [1.29, 1.82) is 0 Å². The number of rotatable bonds is 8. The molecule has 0 radical (unpaired) electrons. The lowest BCUT2D eigenvalue weighted by molar-refractivity contribution is 0.0349. The van der Waals surface area contributed by atoms with E-state index in [4.69, 9.17) is 9.47 Å². The second kappa shape index (κ2) is 11.1. The molecule has 9 heteroatoms. The molecule has 1 aliphatic rings. The summed E-state index contributed by atoms with van der Waals surface area (Å²) in [6.07, 6.45) is 0. The second-order valence-electron chi connectivity index (χ2n) is 8.12. The summed E-state index contributed by atoms with van der Waals surface area (Å²) in [5.41, 5.74) is 1.41. The highest BCUT2D eigenvalue weighted by molar-refractivity contribution is 5.89. The third kappa shape index (κ3) is 6.12. The Balaban J connectivity index is 1.56. The maximum absolute atomic E-state index is 13.3. The number of fused-ring (bicyclic) bond motifs is 1. The predicted octanol–water partition coefficient (Wildman–Crippen LogP) is 3.43. The zero-order valence-electron chi connectivity index (χ0n) is 19.2. The second-order valence-corrected chi connectivity index (χ2v) is 8.12. The van der Waals surface area contributed by atoms with Crippen LogP contribution in [0.1, 0.15) is 12.5 Å². The first-order valence-electron chi connectivity index (χ1n) is 11.4. The molecule has 1 aliphatic heterocycles. The molecule has 34 heavy (non-hydrogen) atoms. The number of hydrogen-bond donors (Lipinski definition) is 2. The van der Waals surface area contributed by atoms with Crippen molar-refractivity contribution in [2.45, 2.75) is 13.5 Å². The van der Waals surface area contributed by atoms with E-state index in [0.717, 1.165) is 18.5 Å². The molecule has 0 spiro atoms. The predicted molar refractivity (Wildman–Crippen MR) is 129 cm³/mol. The molecule has 2 amide bonds. The van der Waals surface area contributed by atoms with Gasteiger partial charge in [0.2, 0.25) is 0 Å². The minimum absolute atomic E-state index is 0.126. The molecule has 8 nitrogen and oxygen atoms in total. The first kappa shape index (κ1) is 23.7. The zero-order valence-corrected chi connectivity index (χ0v) is 19.2. The SMILES string of the molecule is CCOc1ccc2[nH]c(=O)c(CN(CCN3CCOCC3)C(=O)Nc3ccc(F)cc3)cc2c1. The van der Waals surface area contributed by atoms with Crippen LogP contribution in [0, 0.1) is 5.82 Å². The quantitative estimate of drug-likeness (QED) is 0.529. The van der Waals surface area contributed by atoms with Crippen molar-refractivity contribution in [2.24, 2.45) is 0 Å². The number of halogens is 1. The van der Waals surface area contributed by atoms with Crippen LogP contribution in [0.2, 0.25) is 0 Å². The molecular weight excluding hydrogens is 439 g/mol. The van der Waals surface area contributed by atoms with E-state index in [0.29, 0.717) is 55.4 Å². The molecule has 0 unspecified atom stereocenters. The number of morpholine rings is 1. The highest BCUT2D eigenvalue weighted by atomic mass is 19.1. The first-order chi connectivity index (χ1) is 16.5. The van der Waals surface area contributed by atoms with Crippen molar-refractivity contribution in [3.63, 3.8) is 0 Å². The van der Waals surface area contributed by atoms with Gasteiger partial charge in [0.1, 0.15) is 11.6 Å². The minimum atomic E-state index is -0.378. The summed E-state index contributed by atoms with van der Waals surface area (Å²) in [6.45, 7) is 6.57. The topological polar surface area (TPSA) is 86.9 Å². The number of aromatic amines is 1. The highest BCUT2D eigenvalue weighted by Gasteiger charge is 2.19. The van der Waals surface area contributed by atoms with Crippen molar-refractivity contribution in [1.82, 2.24) is 14.8 Å². The van der Waals surface area contributed by atoms with Gasteiger partial charge >= 0.3 is 6.03 Å². The fourth-order valence-corrected chi connectivity index (χ4v) is 3.88. The molecule has 2 heterocycles. The van der Waals surface area contributed by atoms with E-state index in [9.17, 15) is 14.0 Å². The van der Waals surface area contributed by atoms with E-state index in [-0.39, 0.29) is 24.0 Å². The fraction of sp³-hybridized carbons (Fsp3) is 0.360. The van der Waals surface area contributed by atoms with E-state index < -0.39 is 0 Å². The van der Waals surface area contributed by atoms with Gasteiger partial charge in [0.15, 0.2) is 0 Å². The van der Waals surface area contributed by atoms with Gasteiger partial charge < -0.3 is 24.7 Å². The van der Waals surface area contributed by atoms with Crippen molar-refractivity contribution in [3.8, 4) is 5.75 Å². The molecule has 4 rings (SSSR count). The van der Waals surface area contributed by atoms with Crippen LogP contribution in [0.15, 0.2) is 53.3 Å². The van der Waals surface area contributed by atoms with Gasteiger partial charge in [-0.3, -0.25) is 9.69 Å². The van der Waals surface area contributed by atoms with Crippen molar-refractivity contribution in [3.05, 3.63) is 70.3 Å². The molecule has 2 N–H and O–H groups in total. The Kier molecular flexibility index (Phi) is 7.76. The lowest BCUT2D eigenvalue weighted by atomic mass is 10.1. The van der Waals surface area contributed by atoms with Crippen molar-refractivity contribution in [2.75, 3.05) is 51.3 Å². The summed E-state index contributed by atoms with van der Waals surface area (Å²) >= 11 is 0. The maximum atomic E-state index is 13.3. The van der Waals surface area contributed by atoms with Crippen LogP contribution in [-0.2, 0) is 11.3 Å². The van der Waals surface area contributed by atoms with E-state index in [2.05, 4.69) is 15.2 Å². The lowest BCUT2D eigenvalue weighted by Crippen LogP contribution is -2.44. The molecule has 3 aromatic rings. The fourth-order valence-electron chi connectivity index (χ4n) is 3.88. The van der Waals surface area contributed by atoms with Gasteiger partial charge in [-0.2, -0.15) is 0 Å². The van der Waals surface area contributed by atoms with Crippen molar-refractivity contribution >= 4 is 22.6 Å². The number of urea groups is 1. The Bertz CT molecular complexity index is 1180. The number of carbonyl (C=O) groups excluding carboxylic acids is 1. The monoisotopic (exact) mass is 468 g/mol. The summed E-state index contributed by atoms with van der Waals surface area (Å²) < 4.78 is 24.2. The number of pyridine rings is 1. The Morgan fingerprint density at radius 2 is 1.94 bits per heavy atom. The number of benzene rings is 2. The standard InChI is InChI=1S/C25H29FN4O4/c1-2-34-22-7-8-23-18(16-22)15-19(24(31)28-23)17-30(10-9-29-11-13-33-14-12-29)25(32)27-21-5-3-20(26)4-6-21/h3-8,15-16H,2,9-14,17H2,1H3,(H,27,32)(H,28,31). The first-order valence-corrected chi connectivity index (χ1v) is 11.4. The number of aromatic nitrogens is 1. The maximum Gasteiger partial charge on any atom is 0.322 e. The van der Waals surface area contributed by atoms with Crippen LogP contribution >= 0.6 is 0 Å². The molecule has 0 atom stereocenters. The highest BCUT2D eigenvalue weighted by Crippen LogP contribution is 2.20. The number of hydrogen-bond acceptors (Lipinski definition) is 5.